The van der Waals surface area contributed by atoms with E-state index in [-0.39, 0.29) is 5.75 Å². The first-order valence-electron chi connectivity index (χ1n) is 8.43. The number of ether oxygens (including phenoxy) is 2. The van der Waals surface area contributed by atoms with Crippen molar-refractivity contribution in [2.24, 2.45) is 0 Å². The van der Waals surface area contributed by atoms with Gasteiger partial charge in [0.15, 0.2) is 0 Å². The van der Waals surface area contributed by atoms with Crippen molar-refractivity contribution in [1.82, 2.24) is 0 Å². The highest BCUT2D eigenvalue weighted by Crippen LogP contribution is 2.20. The molecule has 7 heteroatoms. The predicted octanol–water partition coefficient (Wildman–Crippen LogP) is 1.71. The van der Waals surface area contributed by atoms with Crippen molar-refractivity contribution in [2.45, 2.75) is 39.0 Å². The van der Waals surface area contributed by atoms with Crippen molar-refractivity contribution in [2.75, 3.05) is 58.4 Å². The van der Waals surface area contributed by atoms with E-state index in [1.165, 1.54) is 12.8 Å². The lowest BCUT2D eigenvalue weighted by Gasteiger charge is -2.34. The van der Waals surface area contributed by atoms with Crippen LogP contribution in [0.3, 0.4) is 0 Å². The summed E-state index contributed by atoms with van der Waals surface area (Å²) in [6.45, 7) is 9.17. The Hall–Kier alpha value is -0.210. The van der Waals surface area contributed by atoms with Gasteiger partial charge in [-0.2, -0.15) is 8.42 Å². The fraction of sp³-hybridized carbons (Fsp3) is 1.00. The Labute approximate surface area is 135 Å². The molecule has 0 unspecified atom stereocenters. The molecule has 1 heterocycles. The molecule has 0 radical (unpaired) electrons. The lowest BCUT2D eigenvalue weighted by atomic mass is 10.2. The van der Waals surface area contributed by atoms with Crippen molar-refractivity contribution in [3.8, 4) is 0 Å². The standard InChI is InChI=1S/C15H31NO5S/c1-2-11-20-13-14-21-12-10-16(7-3-4-8-16)9-5-6-15-22(17,18)19/h2-15H2,1H3/p+1. The maximum atomic E-state index is 10.7. The first-order chi connectivity index (χ1) is 10.5. The van der Waals surface area contributed by atoms with Gasteiger partial charge in [0.1, 0.15) is 6.54 Å². The number of nitrogens with zero attached hydrogens (tertiary/aromatic N) is 1. The van der Waals surface area contributed by atoms with Crippen molar-refractivity contribution in [3.63, 3.8) is 0 Å². The van der Waals surface area contributed by atoms with Gasteiger partial charge in [0, 0.05) is 19.4 Å². The fourth-order valence-electron chi connectivity index (χ4n) is 3.02. The molecule has 0 bridgehead atoms. The molecular formula is C15H32NO5S+. The van der Waals surface area contributed by atoms with E-state index in [1.807, 2.05) is 0 Å². The van der Waals surface area contributed by atoms with Gasteiger partial charge in [-0.3, -0.25) is 4.55 Å². The SMILES string of the molecule is CCCOCCOCC[N+]1(CCCCS(=O)(=O)O)CCCC1. The van der Waals surface area contributed by atoms with E-state index in [0.29, 0.717) is 19.6 Å². The van der Waals surface area contributed by atoms with Crippen LogP contribution in [0.25, 0.3) is 0 Å². The van der Waals surface area contributed by atoms with Crippen LogP contribution in [-0.4, -0.2) is 75.8 Å². The Kier molecular flexibility index (Phi) is 9.51. The molecule has 0 aliphatic carbocycles. The summed E-state index contributed by atoms with van der Waals surface area (Å²) in [6.07, 6.45) is 4.86. The smallest absolute Gasteiger partial charge is 0.264 e. The zero-order valence-corrected chi connectivity index (χ0v) is 14.7. The van der Waals surface area contributed by atoms with Crippen LogP contribution >= 0.6 is 0 Å². The minimum Gasteiger partial charge on any atom is -0.379 e. The van der Waals surface area contributed by atoms with Crippen LogP contribution in [0.1, 0.15) is 39.0 Å². The zero-order valence-electron chi connectivity index (χ0n) is 13.8. The molecule has 1 aliphatic heterocycles. The van der Waals surface area contributed by atoms with E-state index in [1.54, 1.807) is 0 Å². The minimum absolute atomic E-state index is 0.127. The first kappa shape index (κ1) is 19.8. The molecule has 0 aromatic rings. The Bertz CT molecular complexity index is 379. The number of rotatable bonds is 13. The maximum absolute atomic E-state index is 10.7. The topological polar surface area (TPSA) is 72.8 Å². The van der Waals surface area contributed by atoms with E-state index in [0.717, 1.165) is 56.7 Å². The lowest BCUT2D eigenvalue weighted by molar-refractivity contribution is -0.917. The van der Waals surface area contributed by atoms with Crippen LogP contribution in [0, 0.1) is 0 Å². The van der Waals surface area contributed by atoms with Gasteiger partial charge in [0.05, 0.1) is 45.2 Å². The van der Waals surface area contributed by atoms with Crippen molar-refractivity contribution in [3.05, 3.63) is 0 Å². The number of hydrogen-bond donors (Lipinski definition) is 1. The number of likely N-dealkylation sites (tertiary alicyclic amines) is 1. The third kappa shape index (κ3) is 9.05. The minimum atomic E-state index is -3.82. The van der Waals surface area contributed by atoms with Gasteiger partial charge in [0.2, 0.25) is 0 Å². The average molecular weight is 338 g/mol. The summed E-state index contributed by atoms with van der Waals surface area (Å²) in [5, 5.41) is 0. The molecular weight excluding hydrogens is 306 g/mol. The third-order valence-electron chi connectivity index (χ3n) is 4.23. The van der Waals surface area contributed by atoms with Crippen LogP contribution in [0.5, 0.6) is 0 Å². The van der Waals surface area contributed by atoms with Crippen LogP contribution < -0.4 is 0 Å². The summed E-state index contributed by atoms with van der Waals surface area (Å²) >= 11 is 0. The van der Waals surface area contributed by atoms with Gasteiger partial charge in [-0.05, 0) is 19.3 Å². The molecule has 0 saturated carbocycles. The van der Waals surface area contributed by atoms with Crippen LogP contribution in [0.2, 0.25) is 0 Å². The van der Waals surface area contributed by atoms with E-state index in [9.17, 15) is 8.42 Å². The van der Waals surface area contributed by atoms with E-state index < -0.39 is 10.1 Å². The van der Waals surface area contributed by atoms with Gasteiger partial charge >= 0.3 is 0 Å². The highest BCUT2D eigenvalue weighted by Gasteiger charge is 2.31. The Morgan fingerprint density at radius 3 is 2.18 bits per heavy atom. The largest absolute Gasteiger partial charge is 0.379 e. The predicted molar refractivity (Wildman–Crippen MR) is 86.5 cm³/mol. The van der Waals surface area contributed by atoms with E-state index >= 15 is 0 Å². The molecule has 6 nitrogen and oxygen atoms in total. The van der Waals surface area contributed by atoms with Gasteiger partial charge in [0.25, 0.3) is 10.1 Å². The second-order valence-corrected chi connectivity index (χ2v) is 7.73. The molecule has 0 spiro atoms. The highest BCUT2D eigenvalue weighted by molar-refractivity contribution is 7.85. The average Bonchev–Trinajstić information content (AvgIpc) is 2.91. The Morgan fingerprint density at radius 1 is 0.955 bits per heavy atom. The number of hydrogen-bond acceptors (Lipinski definition) is 4. The summed E-state index contributed by atoms with van der Waals surface area (Å²) < 4.78 is 42.3. The van der Waals surface area contributed by atoms with E-state index in [4.69, 9.17) is 14.0 Å². The van der Waals surface area contributed by atoms with Crippen molar-refractivity contribution < 1.29 is 26.9 Å². The molecule has 22 heavy (non-hydrogen) atoms. The monoisotopic (exact) mass is 338 g/mol. The molecule has 0 aromatic heterocycles. The summed E-state index contributed by atoms with van der Waals surface area (Å²) in [6, 6.07) is 0. The zero-order chi connectivity index (χ0) is 16.3. The quantitative estimate of drug-likeness (QED) is 0.314. The molecule has 0 aromatic carbocycles. The van der Waals surface area contributed by atoms with E-state index in [2.05, 4.69) is 6.92 Å². The molecule has 1 saturated heterocycles. The summed E-state index contributed by atoms with van der Waals surface area (Å²) in [7, 11) is -3.82. The molecule has 1 N–H and O–H groups in total. The molecule has 1 rings (SSSR count). The van der Waals surface area contributed by atoms with Crippen molar-refractivity contribution in [1.29, 1.82) is 0 Å². The lowest BCUT2D eigenvalue weighted by Crippen LogP contribution is -2.48. The fourth-order valence-corrected chi connectivity index (χ4v) is 3.59. The first-order valence-corrected chi connectivity index (χ1v) is 10.0. The van der Waals surface area contributed by atoms with Crippen molar-refractivity contribution >= 4 is 10.1 Å². The normalized spacial score (nSPS) is 17.9. The molecule has 1 fully saturated rings. The molecule has 132 valence electrons. The molecule has 0 atom stereocenters. The van der Waals surface area contributed by atoms with Gasteiger partial charge in [-0.15, -0.1) is 0 Å². The highest BCUT2D eigenvalue weighted by atomic mass is 32.2. The second kappa shape index (κ2) is 10.5. The van der Waals surface area contributed by atoms with Gasteiger partial charge in [-0.25, -0.2) is 0 Å². The molecule has 1 aliphatic rings. The van der Waals surface area contributed by atoms with Gasteiger partial charge < -0.3 is 14.0 Å². The number of quaternary nitrogens is 1. The Balaban J connectivity index is 2.17. The molecule has 0 amide bonds. The number of unbranched alkanes of at least 4 members (excludes halogenated alkanes) is 1. The summed E-state index contributed by atoms with van der Waals surface area (Å²) in [4.78, 5) is 0. The van der Waals surface area contributed by atoms with Crippen LogP contribution in [0.4, 0.5) is 0 Å². The van der Waals surface area contributed by atoms with Crippen LogP contribution in [-0.2, 0) is 19.6 Å². The third-order valence-corrected chi connectivity index (χ3v) is 5.03. The Morgan fingerprint density at radius 2 is 1.59 bits per heavy atom. The second-order valence-electron chi connectivity index (χ2n) is 6.16. The summed E-state index contributed by atoms with van der Waals surface area (Å²) in [5.41, 5.74) is 0. The van der Waals surface area contributed by atoms with Crippen LogP contribution in [0.15, 0.2) is 0 Å². The maximum Gasteiger partial charge on any atom is 0.264 e. The van der Waals surface area contributed by atoms with Gasteiger partial charge in [-0.1, -0.05) is 6.92 Å². The summed E-state index contributed by atoms with van der Waals surface area (Å²) in [5.74, 6) is -0.127.